The lowest BCUT2D eigenvalue weighted by Gasteiger charge is -2.39. The SMILES string of the molecule is COC1(C(=O)N2CCN(c3ccc(F)cn3)CC2)CCCC1. The summed E-state index contributed by atoms with van der Waals surface area (Å²) in [5.74, 6) is 0.552. The van der Waals surface area contributed by atoms with Gasteiger partial charge in [0.2, 0.25) is 0 Å². The summed E-state index contributed by atoms with van der Waals surface area (Å²) >= 11 is 0. The van der Waals surface area contributed by atoms with Crippen LogP contribution in [0.15, 0.2) is 18.3 Å². The Hall–Kier alpha value is -1.69. The first-order valence-corrected chi connectivity index (χ1v) is 7.86. The summed E-state index contributed by atoms with van der Waals surface area (Å²) in [6.07, 6.45) is 4.98. The average molecular weight is 307 g/mol. The Morgan fingerprint density at radius 1 is 1.23 bits per heavy atom. The smallest absolute Gasteiger partial charge is 0.254 e. The molecular formula is C16H22FN3O2. The van der Waals surface area contributed by atoms with Crippen molar-refractivity contribution >= 4 is 11.7 Å². The number of nitrogens with zero attached hydrogens (tertiary/aromatic N) is 3. The van der Waals surface area contributed by atoms with Crippen molar-refractivity contribution < 1.29 is 13.9 Å². The maximum atomic E-state index is 12.9. The molecule has 22 heavy (non-hydrogen) atoms. The van der Waals surface area contributed by atoms with Crippen LogP contribution in [-0.2, 0) is 9.53 Å². The molecular weight excluding hydrogens is 285 g/mol. The topological polar surface area (TPSA) is 45.7 Å². The van der Waals surface area contributed by atoms with Crippen LogP contribution in [0.1, 0.15) is 25.7 Å². The predicted molar refractivity (Wildman–Crippen MR) is 81.2 cm³/mol. The third kappa shape index (κ3) is 2.79. The molecule has 1 aromatic rings. The number of aromatic nitrogens is 1. The second-order valence-corrected chi connectivity index (χ2v) is 6.02. The Bertz CT molecular complexity index is 521. The minimum atomic E-state index is -0.601. The first kappa shape index (κ1) is 15.2. The van der Waals surface area contributed by atoms with Gasteiger partial charge in [0.1, 0.15) is 17.2 Å². The number of piperazine rings is 1. The molecule has 0 aromatic carbocycles. The molecule has 1 saturated carbocycles. The van der Waals surface area contributed by atoms with E-state index in [2.05, 4.69) is 9.88 Å². The van der Waals surface area contributed by atoms with Crippen molar-refractivity contribution in [2.24, 2.45) is 0 Å². The summed E-state index contributed by atoms with van der Waals surface area (Å²) < 4.78 is 18.5. The van der Waals surface area contributed by atoms with E-state index in [1.165, 1.54) is 12.3 Å². The van der Waals surface area contributed by atoms with Gasteiger partial charge in [-0.3, -0.25) is 4.79 Å². The van der Waals surface area contributed by atoms with Crippen LogP contribution >= 0.6 is 0 Å². The molecule has 2 aliphatic rings. The molecule has 0 spiro atoms. The second-order valence-electron chi connectivity index (χ2n) is 6.02. The molecule has 5 nitrogen and oxygen atoms in total. The van der Waals surface area contributed by atoms with E-state index in [0.717, 1.165) is 31.5 Å². The van der Waals surface area contributed by atoms with Crippen molar-refractivity contribution in [3.63, 3.8) is 0 Å². The van der Waals surface area contributed by atoms with Crippen molar-refractivity contribution in [1.82, 2.24) is 9.88 Å². The molecule has 1 aromatic heterocycles. The van der Waals surface area contributed by atoms with Crippen molar-refractivity contribution in [3.05, 3.63) is 24.1 Å². The van der Waals surface area contributed by atoms with Crippen LogP contribution in [0.4, 0.5) is 10.2 Å². The predicted octanol–water partition coefficient (Wildman–Crippen LogP) is 1.83. The summed E-state index contributed by atoms with van der Waals surface area (Å²) in [5, 5.41) is 0. The molecule has 1 saturated heterocycles. The first-order valence-electron chi connectivity index (χ1n) is 7.86. The van der Waals surface area contributed by atoms with E-state index in [4.69, 9.17) is 4.74 Å². The molecule has 1 aliphatic heterocycles. The lowest BCUT2D eigenvalue weighted by atomic mass is 9.99. The summed E-state index contributed by atoms with van der Waals surface area (Å²) in [6, 6.07) is 3.10. The van der Waals surface area contributed by atoms with Crippen LogP contribution in [0.25, 0.3) is 0 Å². The summed E-state index contributed by atoms with van der Waals surface area (Å²) in [7, 11) is 1.64. The molecule has 2 fully saturated rings. The number of pyridine rings is 1. The van der Waals surface area contributed by atoms with Crippen molar-refractivity contribution in [2.75, 3.05) is 38.2 Å². The summed E-state index contributed by atoms with van der Waals surface area (Å²) in [4.78, 5) is 20.8. The van der Waals surface area contributed by atoms with Gasteiger partial charge in [-0.2, -0.15) is 0 Å². The van der Waals surface area contributed by atoms with E-state index in [1.54, 1.807) is 13.2 Å². The van der Waals surface area contributed by atoms with Gasteiger partial charge in [0, 0.05) is 33.3 Å². The molecule has 0 radical (unpaired) electrons. The summed E-state index contributed by atoms with van der Waals surface area (Å²) in [6.45, 7) is 2.74. The van der Waals surface area contributed by atoms with Gasteiger partial charge in [0.25, 0.3) is 5.91 Å². The normalized spacial score (nSPS) is 21.2. The molecule has 0 N–H and O–H groups in total. The van der Waals surface area contributed by atoms with Crippen LogP contribution < -0.4 is 4.90 Å². The minimum absolute atomic E-state index is 0.124. The molecule has 1 aliphatic carbocycles. The molecule has 1 amide bonds. The van der Waals surface area contributed by atoms with Crippen molar-refractivity contribution in [1.29, 1.82) is 0 Å². The quantitative estimate of drug-likeness (QED) is 0.855. The number of rotatable bonds is 3. The number of methoxy groups -OCH3 is 1. The highest BCUT2D eigenvalue weighted by Gasteiger charge is 2.44. The Morgan fingerprint density at radius 2 is 1.91 bits per heavy atom. The number of hydrogen-bond acceptors (Lipinski definition) is 4. The number of anilines is 1. The fraction of sp³-hybridized carbons (Fsp3) is 0.625. The minimum Gasteiger partial charge on any atom is -0.368 e. The van der Waals surface area contributed by atoms with E-state index in [1.807, 2.05) is 4.90 Å². The van der Waals surface area contributed by atoms with Gasteiger partial charge < -0.3 is 14.5 Å². The van der Waals surface area contributed by atoms with E-state index in [-0.39, 0.29) is 11.7 Å². The maximum Gasteiger partial charge on any atom is 0.254 e. The van der Waals surface area contributed by atoms with Crippen LogP contribution in [0, 0.1) is 5.82 Å². The molecule has 0 atom stereocenters. The van der Waals surface area contributed by atoms with E-state index in [0.29, 0.717) is 26.2 Å². The van der Waals surface area contributed by atoms with Gasteiger partial charge in [-0.1, -0.05) is 0 Å². The number of hydrogen-bond donors (Lipinski definition) is 0. The number of halogens is 1. The lowest BCUT2D eigenvalue weighted by Crippen LogP contribution is -2.55. The molecule has 2 heterocycles. The molecule has 0 bridgehead atoms. The van der Waals surface area contributed by atoms with Crippen LogP contribution in [-0.4, -0.2) is 54.7 Å². The van der Waals surface area contributed by atoms with Crippen molar-refractivity contribution in [3.8, 4) is 0 Å². The van der Waals surface area contributed by atoms with Gasteiger partial charge >= 0.3 is 0 Å². The zero-order valence-electron chi connectivity index (χ0n) is 12.9. The maximum absolute atomic E-state index is 12.9. The highest BCUT2D eigenvalue weighted by atomic mass is 19.1. The Kier molecular flexibility index (Phi) is 4.29. The van der Waals surface area contributed by atoms with Crippen LogP contribution in [0.2, 0.25) is 0 Å². The Balaban J connectivity index is 1.61. The lowest BCUT2D eigenvalue weighted by molar-refractivity contribution is -0.154. The number of amides is 1. The number of carbonyl (C=O) groups excluding carboxylic acids is 1. The van der Waals surface area contributed by atoms with Crippen LogP contribution in [0.3, 0.4) is 0 Å². The van der Waals surface area contributed by atoms with Gasteiger partial charge in [0.05, 0.1) is 6.20 Å². The number of ether oxygens (including phenoxy) is 1. The van der Waals surface area contributed by atoms with E-state index in [9.17, 15) is 9.18 Å². The summed E-state index contributed by atoms with van der Waals surface area (Å²) in [5.41, 5.74) is -0.601. The highest BCUT2D eigenvalue weighted by Crippen LogP contribution is 2.34. The molecule has 6 heteroatoms. The zero-order valence-corrected chi connectivity index (χ0v) is 12.9. The molecule has 0 unspecified atom stereocenters. The van der Waals surface area contributed by atoms with Gasteiger partial charge in [-0.25, -0.2) is 9.37 Å². The monoisotopic (exact) mass is 307 g/mol. The Labute approximate surface area is 130 Å². The van der Waals surface area contributed by atoms with Crippen molar-refractivity contribution in [2.45, 2.75) is 31.3 Å². The molecule has 3 rings (SSSR count). The van der Waals surface area contributed by atoms with E-state index >= 15 is 0 Å². The highest BCUT2D eigenvalue weighted by molar-refractivity contribution is 5.86. The molecule has 120 valence electrons. The Morgan fingerprint density at radius 3 is 2.45 bits per heavy atom. The fourth-order valence-corrected chi connectivity index (χ4v) is 3.43. The number of carbonyl (C=O) groups is 1. The van der Waals surface area contributed by atoms with Gasteiger partial charge in [0.15, 0.2) is 0 Å². The average Bonchev–Trinajstić information content (AvgIpc) is 3.05. The van der Waals surface area contributed by atoms with Crippen LogP contribution in [0.5, 0.6) is 0 Å². The van der Waals surface area contributed by atoms with Gasteiger partial charge in [-0.15, -0.1) is 0 Å². The standard InChI is InChI=1S/C16H22FN3O2/c1-22-16(6-2-3-7-16)15(21)20-10-8-19(9-11-20)14-5-4-13(17)12-18-14/h4-5,12H,2-3,6-11H2,1H3. The van der Waals surface area contributed by atoms with Gasteiger partial charge in [-0.05, 0) is 37.8 Å². The third-order valence-electron chi connectivity index (χ3n) is 4.79. The first-order chi connectivity index (χ1) is 10.6. The zero-order chi connectivity index (χ0) is 15.6. The van der Waals surface area contributed by atoms with E-state index < -0.39 is 5.60 Å². The third-order valence-corrected chi connectivity index (χ3v) is 4.79. The second kappa shape index (κ2) is 6.20. The fourth-order valence-electron chi connectivity index (χ4n) is 3.43. The largest absolute Gasteiger partial charge is 0.368 e.